The lowest BCUT2D eigenvalue weighted by atomic mass is 10.0. The first-order valence-corrected chi connectivity index (χ1v) is 14.0. The van der Waals surface area contributed by atoms with Crippen LogP contribution in [0.15, 0.2) is 124 Å². The third kappa shape index (κ3) is 5.53. The second kappa shape index (κ2) is 11.3. The summed E-state index contributed by atoms with van der Waals surface area (Å²) in [4.78, 5) is 20.8. The first kappa shape index (κ1) is 25.2. The van der Waals surface area contributed by atoms with Gasteiger partial charge >= 0.3 is 0 Å². The van der Waals surface area contributed by atoms with Crippen LogP contribution in [0.2, 0.25) is 0 Å². The van der Waals surface area contributed by atoms with Gasteiger partial charge in [-0.25, -0.2) is 0 Å². The molecule has 6 nitrogen and oxygen atoms in total. The molecule has 5 aromatic rings. The van der Waals surface area contributed by atoms with E-state index >= 15 is 0 Å². The van der Waals surface area contributed by atoms with E-state index in [0.29, 0.717) is 11.7 Å². The van der Waals surface area contributed by atoms with Gasteiger partial charge in [-0.2, -0.15) is 0 Å². The number of hydrogen-bond acceptors (Lipinski definition) is 5. The summed E-state index contributed by atoms with van der Waals surface area (Å²) in [7, 11) is 0. The molecule has 2 atom stereocenters. The molecule has 2 N–H and O–H groups in total. The second-order valence-electron chi connectivity index (χ2n) is 9.22. The summed E-state index contributed by atoms with van der Waals surface area (Å²) in [5.41, 5.74) is 1.66. The summed E-state index contributed by atoms with van der Waals surface area (Å²) < 4.78 is 6.35. The Balaban J connectivity index is 1.22. The molecule has 6 rings (SSSR count). The van der Waals surface area contributed by atoms with Crippen molar-refractivity contribution in [1.29, 1.82) is 0 Å². The van der Waals surface area contributed by atoms with E-state index < -0.39 is 0 Å². The molecule has 1 aliphatic heterocycles. The average Bonchev–Trinajstić information content (AvgIpc) is 3.56. The Labute approximate surface area is 236 Å². The van der Waals surface area contributed by atoms with Gasteiger partial charge in [0.1, 0.15) is 11.8 Å². The van der Waals surface area contributed by atoms with Crippen LogP contribution in [-0.2, 0) is 4.79 Å². The fraction of sp³-hybridized carbons (Fsp3) is 0.129. The van der Waals surface area contributed by atoms with E-state index in [9.17, 15) is 4.79 Å². The minimum Gasteiger partial charge on any atom is -0.452 e. The number of nitrogens with zero attached hydrogens (tertiary/aromatic N) is 2. The Morgan fingerprint density at radius 2 is 1.74 bits per heavy atom. The second-order valence-corrected chi connectivity index (χ2v) is 10.7. The molecule has 39 heavy (non-hydrogen) atoms. The number of rotatable bonds is 8. The minimum absolute atomic E-state index is 0.0750. The van der Waals surface area contributed by atoms with Crippen molar-refractivity contribution in [1.82, 2.24) is 15.2 Å². The summed E-state index contributed by atoms with van der Waals surface area (Å²) in [5.74, 6) is 0.694. The van der Waals surface area contributed by atoms with Crippen molar-refractivity contribution < 1.29 is 9.21 Å². The molecule has 1 aliphatic rings. The van der Waals surface area contributed by atoms with Crippen LogP contribution in [0.1, 0.15) is 30.0 Å². The Morgan fingerprint density at radius 1 is 0.949 bits per heavy atom. The summed E-state index contributed by atoms with van der Waals surface area (Å²) in [6.07, 6.45) is 2.04. The number of aromatic nitrogens is 1. The number of pyridine rings is 1. The molecule has 0 aliphatic carbocycles. The molecule has 3 heterocycles. The first-order chi connectivity index (χ1) is 19.2. The van der Waals surface area contributed by atoms with Crippen LogP contribution in [0.3, 0.4) is 0 Å². The number of fused-ring (bicyclic) bond motifs is 1. The van der Waals surface area contributed by atoms with Gasteiger partial charge in [0.25, 0.3) is 0 Å². The Hall–Kier alpha value is -4.14. The van der Waals surface area contributed by atoms with Gasteiger partial charge in [0, 0.05) is 35.1 Å². The van der Waals surface area contributed by atoms with Gasteiger partial charge in [0.2, 0.25) is 5.91 Å². The van der Waals surface area contributed by atoms with Crippen LogP contribution in [0.5, 0.6) is 0 Å². The summed E-state index contributed by atoms with van der Waals surface area (Å²) in [5, 5.41) is 9.97. The third-order valence-corrected chi connectivity index (χ3v) is 7.98. The molecule has 3 aromatic carbocycles. The molecule has 1 saturated heterocycles. The Kier molecular flexibility index (Phi) is 7.29. The van der Waals surface area contributed by atoms with Crippen molar-refractivity contribution in [2.75, 3.05) is 11.9 Å². The molecule has 1 fully saturated rings. The maximum Gasteiger partial charge on any atom is 0.226 e. The number of carbonyl (C=O) groups excluding carboxylic acids is 1. The van der Waals surface area contributed by atoms with Crippen LogP contribution in [0, 0.1) is 0 Å². The van der Waals surface area contributed by atoms with Gasteiger partial charge < -0.3 is 20.0 Å². The lowest BCUT2D eigenvalue weighted by Gasteiger charge is -2.25. The molecular formula is C31H26N4O2S2. The molecule has 0 saturated carbocycles. The standard InChI is InChI=1S/C31H26N4O2S2/c36-27(33-24-15-8-10-21-9-4-5-13-23(21)24)18-20-35-30(29(34-31(35)38)25-14-6-7-19-32-25)26-16-17-28(37-26)39-22-11-2-1-3-12-22/h1-17,19,29-30H,18,20H2,(H,33,36)(H,34,38)/t29-,30-/m0/s1. The highest BCUT2D eigenvalue weighted by Crippen LogP contribution is 2.41. The zero-order chi connectivity index (χ0) is 26.6. The van der Waals surface area contributed by atoms with E-state index in [1.54, 1.807) is 18.0 Å². The molecule has 0 bridgehead atoms. The van der Waals surface area contributed by atoms with Crippen LogP contribution in [-0.4, -0.2) is 27.4 Å². The lowest BCUT2D eigenvalue weighted by molar-refractivity contribution is -0.116. The fourth-order valence-corrected chi connectivity index (χ4v) is 6.01. The summed E-state index contributed by atoms with van der Waals surface area (Å²) in [6.45, 7) is 0.429. The van der Waals surface area contributed by atoms with Crippen molar-refractivity contribution in [3.8, 4) is 0 Å². The molecule has 2 aromatic heterocycles. The number of nitrogens with one attached hydrogen (secondary N) is 2. The first-order valence-electron chi connectivity index (χ1n) is 12.7. The molecule has 0 radical (unpaired) electrons. The number of amides is 1. The van der Waals surface area contributed by atoms with E-state index in [2.05, 4.69) is 27.8 Å². The average molecular weight is 551 g/mol. The minimum atomic E-state index is -0.247. The smallest absolute Gasteiger partial charge is 0.226 e. The monoisotopic (exact) mass is 550 g/mol. The topological polar surface area (TPSA) is 70.4 Å². The number of furan rings is 1. The maximum absolute atomic E-state index is 13.1. The third-order valence-electron chi connectivity index (χ3n) is 6.70. The number of carbonyl (C=O) groups is 1. The lowest BCUT2D eigenvalue weighted by Crippen LogP contribution is -2.32. The van der Waals surface area contributed by atoms with Crippen molar-refractivity contribution >= 4 is 51.5 Å². The highest BCUT2D eigenvalue weighted by atomic mass is 32.2. The van der Waals surface area contributed by atoms with Crippen LogP contribution < -0.4 is 10.6 Å². The quantitative estimate of drug-likeness (QED) is 0.202. The van der Waals surface area contributed by atoms with E-state index in [4.69, 9.17) is 16.6 Å². The van der Waals surface area contributed by atoms with Crippen molar-refractivity contribution in [2.45, 2.75) is 28.5 Å². The highest BCUT2D eigenvalue weighted by molar-refractivity contribution is 7.99. The van der Waals surface area contributed by atoms with Crippen molar-refractivity contribution in [3.05, 3.63) is 121 Å². The molecule has 0 spiro atoms. The Bertz CT molecular complexity index is 1600. The molecule has 1 amide bonds. The number of anilines is 1. The fourth-order valence-electron chi connectivity index (χ4n) is 4.88. The maximum atomic E-state index is 13.1. The predicted octanol–water partition coefficient (Wildman–Crippen LogP) is 6.98. The number of benzene rings is 3. The van der Waals surface area contributed by atoms with Crippen molar-refractivity contribution in [3.63, 3.8) is 0 Å². The molecule has 8 heteroatoms. The summed E-state index contributed by atoms with van der Waals surface area (Å²) in [6, 6.07) is 33.4. The van der Waals surface area contributed by atoms with Gasteiger partial charge in [-0.15, -0.1) is 0 Å². The predicted molar refractivity (Wildman–Crippen MR) is 159 cm³/mol. The zero-order valence-corrected chi connectivity index (χ0v) is 22.6. The molecular weight excluding hydrogens is 525 g/mol. The number of thiocarbonyl (C=S) groups is 1. The van der Waals surface area contributed by atoms with Gasteiger partial charge in [-0.3, -0.25) is 9.78 Å². The van der Waals surface area contributed by atoms with Gasteiger partial charge in [0.05, 0.1) is 11.7 Å². The highest BCUT2D eigenvalue weighted by Gasteiger charge is 2.41. The van der Waals surface area contributed by atoms with E-state index in [-0.39, 0.29) is 24.4 Å². The molecule has 0 unspecified atom stereocenters. The van der Waals surface area contributed by atoms with E-state index in [1.165, 1.54) is 0 Å². The van der Waals surface area contributed by atoms with Crippen LogP contribution in [0.25, 0.3) is 10.8 Å². The normalized spacial score (nSPS) is 16.8. The Morgan fingerprint density at radius 3 is 2.59 bits per heavy atom. The molecule has 194 valence electrons. The number of hydrogen-bond donors (Lipinski definition) is 2. The summed E-state index contributed by atoms with van der Waals surface area (Å²) >= 11 is 7.33. The zero-order valence-electron chi connectivity index (χ0n) is 21.0. The van der Waals surface area contributed by atoms with Crippen LogP contribution >= 0.6 is 24.0 Å². The van der Waals surface area contributed by atoms with Gasteiger partial charge in [-0.1, -0.05) is 72.4 Å². The largest absolute Gasteiger partial charge is 0.452 e. The van der Waals surface area contributed by atoms with Gasteiger partial charge in [-0.05, 0) is 60.1 Å². The SMILES string of the molecule is O=C(CCN1C(=S)N[C@@H](c2ccccn2)[C@@H]1c1ccc(Sc2ccccc2)o1)Nc1cccc2ccccc12. The van der Waals surface area contributed by atoms with E-state index in [0.717, 1.165) is 37.9 Å². The van der Waals surface area contributed by atoms with Crippen LogP contribution in [0.4, 0.5) is 5.69 Å². The van der Waals surface area contributed by atoms with Crippen molar-refractivity contribution in [2.24, 2.45) is 0 Å². The van der Waals surface area contributed by atoms with E-state index in [1.807, 2.05) is 95.9 Å². The van der Waals surface area contributed by atoms with Gasteiger partial charge in [0.15, 0.2) is 10.2 Å².